The monoisotopic (exact) mass is 288 g/mol. The summed E-state index contributed by atoms with van der Waals surface area (Å²) in [7, 11) is 0. The zero-order valence-electron chi connectivity index (χ0n) is 11.3. The molecule has 1 saturated heterocycles. The molecular weight excluding hydrogens is 272 g/mol. The van der Waals surface area contributed by atoms with Crippen molar-refractivity contribution in [3.8, 4) is 10.6 Å². The summed E-state index contributed by atoms with van der Waals surface area (Å²) in [6, 6.07) is 9.93. The predicted molar refractivity (Wildman–Crippen MR) is 78.9 cm³/mol. The highest BCUT2D eigenvalue weighted by Gasteiger charge is 2.24. The first-order valence-corrected chi connectivity index (χ1v) is 7.54. The minimum Gasteiger partial charge on any atom is -0.375 e. The van der Waals surface area contributed by atoms with Crippen molar-refractivity contribution < 1.29 is 9.53 Å². The number of nitrogens with zero attached hydrogens (tertiary/aromatic N) is 2. The van der Waals surface area contributed by atoms with Gasteiger partial charge in [-0.05, 0) is 6.92 Å². The molecular formula is C15H16N2O2S. The number of morpholine rings is 1. The summed E-state index contributed by atoms with van der Waals surface area (Å²) in [6.45, 7) is 3.86. The molecule has 0 bridgehead atoms. The van der Waals surface area contributed by atoms with E-state index >= 15 is 0 Å². The number of benzene rings is 1. The number of carbonyl (C=O) groups is 1. The van der Waals surface area contributed by atoms with E-state index in [1.165, 1.54) is 11.3 Å². The maximum Gasteiger partial charge on any atom is 0.273 e. The molecule has 1 amide bonds. The molecule has 1 aliphatic heterocycles. The van der Waals surface area contributed by atoms with Crippen LogP contribution in [-0.2, 0) is 4.74 Å². The molecule has 0 spiro atoms. The molecule has 1 fully saturated rings. The van der Waals surface area contributed by atoms with E-state index in [0.29, 0.717) is 25.4 Å². The van der Waals surface area contributed by atoms with E-state index < -0.39 is 0 Å². The van der Waals surface area contributed by atoms with Crippen LogP contribution in [0.3, 0.4) is 0 Å². The van der Waals surface area contributed by atoms with Gasteiger partial charge in [-0.15, -0.1) is 11.3 Å². The third-order valence-electron chi connectivity index (χ3n) is 3.27. The first-order valence-electron chi connectivity index (χ1n) is 6.66. The van der Waals surface area contributed by atoms with E-state index in [4.69, 9.17) is 4.74 Å². The summed E-state index contributed by atoms with van der Waals surface area (Å²) in [4.78, 5) is 18.7. The third kappa shape index (κ3) is 2.73. The number of hydrogen-bond donors (Lipinski definition) is 0. The number of carbonyl (C=O) groups excluding carboxylic acids is 1. The molecule has 0 radical (unpaired) electrons. The van der Waals surface area contributed by atoms with Gasteiger partial charge in [-0.2, -0.15) is 0 Å². The molecule has 1 atom stereocenters. The maximum absolute atomic E-state index is 12.4. The molecule has 1 aromatic carbocycles. The molecule has 0 aliphatic carbocycles. The minimum absolute atomic E-state index is 0.00131. The fraction of sp³-hybridized carbons (Fsp3) is 0.333. The van der Waals surface area contributed by atoms with Crippen LogP contribution in [0.2, 0.25) is 0 Å². The standard InChI is InChI=1S/C15H16N2O2S/c1-11-9-17(7-8-19-11)15(18)13-10-20-14(16-13)12-5-3-2-4-6-12/h2-6,10-11H,7-9H2,1H3. The SMILES string of the molecule is CC1CN(C(=O)c2csc(-c3ccccc3)n2)CCO1. The van der Waals surface area contributed by atoms with E-state index in [1.807, 2.05) is 47.5 Å². The van der Waals surface area contributed by atoms with Crippen molar-refractivity contribution in [1.29, 1.82) is 0 Å². The maximum atomic E-state index is 12.4. The second-order valence-electron chi connectivity index (χ2n) is 4.84. The Hall–Kier alpha value is -1.72. The summed E-state index contributed by atoms with van der Waals surface area (Å²) in [5.41, 5.74) is 1.58. The largest absolute Gasteiger partial charge is 0.375 e. The van der Waals surface area contributed by atoms with Crippen LogP contribution in [0, 0.1) is 0 Å². The smallest absolute Gasteiger partial charge is 0.273 e. The van der Waals surface area contributed by atoms with Gasteiger partial charge in [0, 0.05) is 24.0 Å². The Balaban J connectivity index is 1.78. The molecule has 5 heteroatoms. The van der Waals surface area contributed by atoms with Crippen molar-refractivity contribution >= 4 is 17.2 Å². The van der Waals surface area contributed by atoms with Gasteiger partial charge in [0.1, 0.15) is 10.7 Å². The highest BCUT2D eigenvalue weighted by atomic mass is 32.1. The van der Waals surface area contributed by atoms with Crippen LogP contribution in [-0.4, -0.2) is 41.6 Å². The van der Waals surface area contributed by atoms with Crippen LogP contribution in [0.15, 0.2) is 35.7 Å². The predicted octanol–water partition coefficient (Wildman–Crippen LogP) is 2.67. The molecule has 3 rings (SSSR count). The Morgan fingerprint density at radius 2 is 2.20 bits per heavy atom. The lowest BCUT2D eigenvalue weighted by molar-refractivity contribution is -0.0126. The van der Waals surface area contributed by atoms with Crippen LogP contribution < -0.4 is 0 Å². The summed E-state index contributed by atoms with van der Waals surface area (Å²) in [5.74, 6) is -0.00131. The number of aromatic nitrogens is 1. The van der Waals surface area contributed by atoms with Gasteiger partial charge in [-0.25, -0.2) is 4.98 Å². The van der Waals surface area contributed by atoms with Gasteiger partial charge in [0.25, 0.3) is 5.91 Å². The van der Waals surface area contributed by atoms with E-state index in [2.05, 4.69) is 4.98 Å². The summed E-state index contributed by atoms with van der Waals surface area (Å²) in [5, 5.41) is 2.72. The number of rotatable bonds is 2. The van der Waals surface area contributed by atoms with Crippen molar-refractivity contribution in [2.45, 2.75) is 13.0 Å². The van der Waals surface area contributed by atoms with Crippen LogP contribution >= 0.6 is 11.3 Å². The van der Waals surface area contributed by atoms with Gasteiger partial charge >= 0.3 is 0 Å². The highest BCUT2D eigenvalue weighted by Crippen LogP contribution is 2.24. The molecule has 1 aliphatic rings. The average molecular weight is 288 g/mol. The van der Waals surface area contributed by atoms with Crippen molar-refractivity contribution in [2.24, 2.45) is 0 Å². The lowest BCUT2D eigenvalue weighted by atomic mass is 10.2. The zero-order valence-corrected chi connectivity index (χ0v) is 12.1. The van der Waals surface area contributed by atoms with Gasteiger partial charge in [0.05, 0.1) is 12.7 Å². The molecule has 104 valence electrons. The quantitative estimate of drug-likeness (QED) is 0.853. The number of thiazole rings is 1. The molecule has 0 saturated carbocycles. The summed E-state index contributed by atoms with van der Waals surface area (Å²) in [6.07, 6.45) is 0.0972. The minimum atomic E-state index is -0.00131. The second-order valence-corrected chi connectivity index (χ2v) is 5.69. The Morgan fingerprint density at radius 1 is 1.40 bits per heavy atom. The molecule has 1 unspecified atom stereocenters. The van der Waals surface area contributed by atoms with Crippen molar-refractivity contribution in [3.63, 3.8) is 0 Å². The van der Waals surface area contributed by atoms with Crippen molar-refractivity contribution in [2.75, 3.05) is 19.7 Å². The van der Waals surface area contributed by atoms with Gasteiger partial charge < -0.3 is 9.64 Å². The lowest BCUT2D eigenvalue weighted by Crippen LogP contribution is -2.44. The Labute approximate surface area is 122 Å². The Morgan fingerprint density at radius 3 is 2.95 bits per heavy atom. The van der Waals surface area contributed by atoms with Crippen LogP contribution in [0.4, 0.5) is 0 Å². The molecule has 0 N–H and O–H groups in total. The lowest BCUT2D eigenvalue weighted by Gasteiger charge is -2.30. The average Bonchev–Trinajstić information content (AvgIpc) is 2.97. The topological polar surface area (TPSA) is 42.4 Å². The van der Waals surface area contributed by atoms with Gasteiger partial charge in [0.15, 0.2) is 0 Å². The molecule has 2 aromatic rings. The van der Waals surface area contributed by atoms with E-state index in [9.17, 15) is 4.79 Å². The van der Waals surface area contributed by atoms with Gasteiger partial charge in [-0.1, -0.05) is 30.3 Å². The highest BCUT2D eigenvalue weighted by molar-refractivity contribution is 7.13. The summed E-state index contributed by atoms with van der Waals surface area (Å²) >= 11 is 1.51. The Kier molecular flexibility index (Phi) is 3.80. The first kappa shape index (κ1) is 13.3. The van der Waals surface area contributed by atoms with E-state index in [1.54, 1.807) is 0 Å². The first-order chi connectivity index (χ1) is 9.74. The van der Waals surface area contributed by atoms with Crippen molar-refractivity contribution in [1.82, 2.24) is 9.88 Å². The number of ether oxygens (including phenoxy) is 1. The fourth-order valence-corrected chi connectivity index (χ4v) is 3.05. The molecule has 2 heterocycles. The Bertz CT molecular complexity index is 597. The number of amides is 1. The van der Waals surface area contributed by atoms with Crippen LogP contribution in [0.25, 0.3) is 10.6 Å². The van der Waals surface area contributed by atoms with Crippen LogP contribution in [0.1, 0.15) is 17.4 Å². The van der Waals surface area contributed by atoms with E-state index in [-0.39, 0.29) is 12.0 Å². The zero-order chi connectivity index (χ0) is 13.9. The van der Waals surface area contributed by atoms with Gasteiger partial charge in [0.2, 0.25) is 0 Å². The molecule has 1 aromatic heterocycles. The summed E-state index contributed by atoms with van der Waals surface area (Å²) < 4.78 is 5.46. The van der Waals surface area contributed by atoms with Gasteiger partial charge in [-0.3, -0.25) is 4.79 Å². The van der Waals surface area contributed by atoms with E-state index in [0.717, 1.165) is 10.6 Å². The van der Waals surface area contributed by atoms with Crippen molar-refractivity contribution in [3.05, 3.63) is 41.4 Å². The third-order valence-corrected chi connectivity index (χ3v) is 4.16. The molecule has 4 nitrogen and oxygen atoms in total. The molecule has 20 heavy (non-hydrogen) atoms. The van der Waals surface area contributed by atoms with Crippen LogP contribution in [0.5, 0.6) is 0 Å². The normalized spacial score (nSPS) is 19.1. The fourth-order valence-electron chi connectivity index (χ4n) is 2.25. The second kappa shape index (κ2) is 5.73. The number of hydrogen-bond acceptors (Lipinski definition) is 4.